The van der Waals surface area contributed by atoms with Crippen LogP contribution in [0.3, 0.4) is 0 Å². The van der Waals surface area contributed by atoms with Gasteiger partial charge in [0.1, 0.15) is 5.82 Å². The molecule has 1 aliphatic rings. The second-order valence-electron chi connectivity index (χ2n) is 5.13. The van der Waals surface area contributed by atoms with Crippen molar-refractivity contribution in [3.8, 4) is 0 Å². The third kappa shape index (κ3) is 1.78. The van der Waals surface area contributed by atoms with Gasteiger partial charge < -0.3 is 9.80 Å². The molecular weight excluding hydrogens is 252 g/mol. The molecule has 0 saturated heterocycles. The molecule has 0 atom stereocenters. The Morgan fingerprint density at radius 2 is 1.85 bits per heavy atom. The van der Waals surface area contributed by atoms with Gasteiger partial charge in [-0.15, -0.1) is 0 Å². The molecule has 0 fully saturated rings. The minimum Gasteiger partial charge on any atom is -0.371 e. The van der Waals surface area contributed by atoms with Crippen LogP contribution in [0.25, 0.3) is 0 Å². The largest absolute Gasteiger partial charge is 0.371 e. The first-order valence-electron chi connectivity index (χ1n) is 6.70. The van der Waals surface area contributed by atoms with Gasteiger partial charge in [-0.2, -0.15) is 5.10 Å². The molecule has 0 N–H and O–H groups in total. The zero-order valence-corrected chi connectivity index (χ0v) is 12.0. The van der Waals surface area contributed by atoms with Crippen LogP contribution < -0.4 is 9.80 Å². The van der Waals surface area contributed by atoms with E-state index < -0.39 is 0 Å². The van der Waals surface area contributed by atoms with Crippen LogP contribution in [0.5, 0.6) is 0 Å². The summed E-state index contributed by atoms with van der Waals surface area (Å²) < 4.78 is 1.79. The van der Waals surface area contributed by atoms with E-state index in [9.17, 15) is 4.79 Å². The number of aldehydes is 1. The molecule has 3 rings (SSSR count). The molecule has 20 heavy (non-hydrogen) atoms. The van der Waals surface area contributed by atoms with Gasteiger partial charge in [0.25, 0.3) is 0 Å². The molecule has 1 aromatic carbocycles. The molecule has 0 amide bonds. The van der Waals surface area contributed by atoms with E-state index in [1.54, 1.807) is 4.68 Å². The Labute approximate surface area is 118 Å². The lowest BCUT2D eigenvalue weighted by molar-refractivity contribution is 0.112. The van der Waals surface area contributed by atoms with Crippen molar-refractivity contribution in [1.29, 1.82) is 0 Å². The number of carbonyl (C=O) groups is 1. The summed E-state index contributed by atoms with van der Waals surface area (Å²) in [6.07, 6.45) is 0.901. The monoisotopic (exact) mass is 270 g/mol. The second-order valence-corrected chi connectivity index (χ2v) is 5.13. The summed E-state index contributed by atoms with van der Waals surface area (Å²) in [7, 11) is 3.97. The maximum Gasteiger partial charge on any atom is 0.155 e. The zero-order chi connectivity index (χ0) is 14.3. The quantitative estimate of drug-likeness (QED) is 0.784. The third-order valence-electron chi connectivity index (χ3n) is 3.85. The molecule has 2 heterocycles. The molecule has 0 aliphatic carbocycles. The van der Waals surface area contributed by atoms with Gasteiger partial charge in [-0.25, -0.2) is 0 Å². The number of aromatic nitrogens is 2. The van der Waals surface area contributed by atoms with Crippen LogP contribution >= 0.6 is 0 Å². The molecule has 0 spiro atoms. The number of para-hydroxylation sites is 2. The van der Waals surface area contributed by atoms with E-state index in [1.165, 1.54) is 5.69 Å². The molecule has 1 aromatic heterocycles. The van der Waals surface area contributed by atoms with E-state index in [0.717, 1.165) is 36.6 Å². The summed E-state index contributed by atoms with van der Waals surface area (Å²) >= 11 is 0. The Morgan fingerprint density at radius 1 is 1.15 bits per heavy atom. The highest BCUT2D eigenvalue weighted by Crippen LogP contribution is 2.38. The van der Waals surface area contributed by atoms with E-state index in [4.69, 9.17) is 0 Å². The summed E-state index contributed by atoms with van der Waals surface area (Å²) in [4.78, 5) is 15.8. The van der Waals surface area contributed by atoms with Gasteiger partial charge in [0.15, 0.2) is 6.29 Å². The van der Waals surface area contributed by atoms with E-state index in [-0.39, 0.29) is 0 Å². The lowest BCUT2D eigenvalue weighted by Gasteiger charge is -2.36. The van der Waals surface area contributed by atoms with E-state index in [2.05, 4.69) is 34.1 Å². The fraction of sp³-hybridized carbons (Fsp3) is 0.333. The number of nitrogens with zero attached hydrogens (tertiary/aromatic N) is 4. The van der Waals surface area contributed by atoms with Gasteiger partial charge in [0, 0.05) is 27.2 Å². The third-order valence-corrected chi connectivity index (χ3v) is 3.85. The maximum atomic E-state index is 11.4. The van der Waals surface area contributed by atoms with Gasteiger partial charge >= 0.3 is 0 Å². The Hall–Kier alpha value is -2.30. The van der Waals surface area contributed by atoms with Crippen LogP contribution in [0.4, 0.5) is 17.2 Å². The number of fused-ring (bicyclic) bond motifs is 1. The van der Waals surface area contributed by atoms with Crippen molar-refractivity contribution >= 4 is 23.5 Å². The molecule has 5 heteroatoms. The highest BCUT2D eigenvalue weighted by Gasteiger charge is 2.26. The summed E-state index contributed by atoms with van der Waals surface area (Å²) in [5.74, 6) is 0.873. The average Bonchev–Trinajstić information content (AvgIpc) is 2.73. The number of aryl methyl sites for hydroxylation is 2. The number of carbonyl (C=O) groups excluding carboxylic acids is 1. The Kier molecular flexibility index (Phi) is 2.97. The number of rotatable bonds is 2. The lowest BCUT2D eigenvalue weighted by Crippen LogP contribution is -2.37. The minimum atomic E-state index is 0.673. The van der Waals surface area contributed by atoms with Gasteiger partial charge in [0.05, 0.1) is 22.6 Å². The predicted octanol–water partition coefficient (Wildman–Crippen LogP) is 2.13. The zero-order valence-electron chi connectivity index (χ0n) is 12.0. The van der Waals surface area contributed by atoms with Crippen LogP contribution in [0.1, 0.15) is 16.1 Å². The molecule has 0 bridgehead atoms. The number of benzene rings is 1. The molecule has 1 aliphatic heterocycles. The van der Waals surface area contributed by atoms with Crippen molar-refractivity contribution < 1.29 is 4.79 Å². The molecule has 5 nitrogen and oxygen atoms in total. The number of likely N-dealkylation sites (N-methyl/N-ethyl adjacent to an activating group) is 1. The Balaban J connectivity index is 2.17. The molecule has 0 saturated carbocycles. The van der Waals surface area contributed by atoms with E-state index in [0.29, 0.717) is 5.56 Å². The van der Waals surface area contributed by atoms with Crippen LogP contribution in [-0.4, -0.2) is 36.2 Å². The smallest absolute Gasteiger partial charge is 0.155 e. The van der Waals surface area contributed by atoms with Gasteiger partial charge in [-0.3, -0.25) is 9.48 Å². The molecule has 104 valence electrons. The maximum absolute atomic E-state index is 11.4. The summed E-state index contributed by atoms with van der Waals surface area (Å²) in [6.45, 7) is 3.63. The van der Waals surface area contributed by atoms with Crippen LogP contribution in [0.15, 0.2) is 24.3 Å². The van der Waals surface area contributed by atoms with Crippen LogP contribution in [0.2, 0.25) is 0 Å². The summed E-state index contributed by atoms with van der Waals surface area (Å²) in [6, 6.07) is 8.25. The standard InChI is InChI=1S/C15H18N4O/c1-11-12(10-20)15(18(3)16-11)19-9-8-17(2)13-6-4-5-7-14(13)19/h4-7,10H,8-9H2,1-3H3. The lowest BCUT2D eigenvalue weighted by atomic mass is 10.1. The fourth-order valence-corrected chi connectivity index (χ4v) is 2.85. The van der Waals surface area contributed by atoms with Crippen LogP contribution in [-0.2, 0) is 7.05 Å². The van der Waals surface area contributed by atoms with Crippen LogP contribution in [0, 0.1) is 6.92 Å². The second kappa shape index (κ2) is 4.67. The normalized spacial score (nSPS) is 14.3. The van der Waals surface area contributed by atoms with Crippen molar-refractivity contribution in [2.45, 2.75) is 6.92 Å². The van der Waals surface area contributed by atoms with Gasteiger partial charge in [-0.05, 0) is 19.1 Å². The summed E-state index contributed by atoms with van der Waals surface area (Å²) in [5.41, 5.74) is 3.74. The highest BCUT2D eigenvalue weighted by molar-refractivity contribution is 5.89. The molecule has 0 unspecified atom stereocenters. The number of hydrogen-bond acceptors (Lipinski definition) is 4. The molecule has 0 radical (unpaired) electrons. The van der Waals surface area contributed by atoms with Gasteiger partial charge in [0.2, 0.25) is 0 Å². The summed E-state index contributed by atoms with van der Waals surface area (Å²) in [5, 5.41) is 4.38. The number of hydrogen-bond donors (Lipinski definition) is 0. The number of anilines is 3. The molecular formula is C15H18N4O. The SMILES string of the molecule is Cc1nn(C)c(N2CCN(C)c3ccccc32)c1C=O. The average molecular weight is 270 g/mol. The Morgan fingerprint density at radius 3 is 2.55 bits per heavy atom. The first-order chi connectivity index (χ1) is 9.63. The molecule has 2 aromatic rings. The Bertz CT molecular complexity index is 662. The van der Waals surface area contributed by atoms with Crippen molar-refractivity contribution in [1.82, 2.24) is 9.78 Å². The minimum absolute atomic E-state index is 0.673. The predicted molar refractivity (Wildman–Crippen MR) is 80.1 cm³/mol. The van der Waals surface area contributed by atoms with E-state index >= 15 is 0 Å². The van der Waals surface area contributed by atoms with Gasteiger partial charge in [-0.1, -0.05) is 12.1 Å². The fourth-order valence-electron chi connectivity index (χ4n) is 2.85. The topological polar surface area (TPSA) is 41.4 Å². The first-order valence-corrected chi connectivity index (χ1v) is 6.70. The van der Waals surface area contributed by atoms with Crippen molar-refractivity contribution in [2.75, 3.05) is 29.9 Å². The van der Waals surface area contributed by atoms with Crippen molar-refractivity contribution in [2.24, 2.45) is 7.05 Å². The highest BCUT2D eigenvalue weighted by atomic mass is 16.1. The van der Waals surface area contributed by atoms with E-state index in [1.807, 2.05) is 26.1 Å². The first kappa shape index (κ1) is 12.7. The van der Waals surface area contributed by atoms with Crippen molar-refractivity contribution in [3.05, 3.63) is 35.5 Å². The van der Waals surface area contributed by atoms with Crippen molar-refractivity contribution in [3.63, 3.8) is 0 Å².